The highest BCUT2D eigenvalue weighted by molar-refractivity contribution is 6.36. The Labute approximate surface area is 184 Å². The number of hydrogen-bond donors (Lipinski definition) is 4. The molecular formula is C22H20Cl2N6. The molecule has 0 aliphatic carbocycles. The van der Waals surface area contributed by atoms with Gasteiger partial charge in [-0.25, -0.2) is 5.43 Å². The van der Waals surface area contributed by atoms with Crippen LogP contribution in [0.3, 0.4) is 0 Å². The topological polar surface area (TPSA) is 98.6 Å². The zero-order chi connectivity index (χ0) is 21.5. The molecule has 0 atom stereocenters. The minimum atomic E-state index is -0.201. The fourth-order valence-electron chi connectivity index (χ4n) is 2.62. The third-order valence-corrected chi connectivity index (χ3v) is 4.92. The quantitative estimate of drug-likeness (QED) is 0.240. The molecule has 3 aromatic carbocycles. The first-order valence-corrected chi connectivity index (χ1v) is 9.76. The first kappa shape index (κ1) is 21.4. The molecule has 30 heavy (non-hydrogen) atoms. The van der Waals surface area contributed by atoms with Crippen molar-refractivity contribution in [1.29, 1.82) is 5.41 Å². The van der Waals surface area contributed by atoms with Crippen LogP contribution in [0.4, 0.5) is 5.69 Å². The van der Waals surface area contributed by atoms with Crippen LogP contribution in [0.25, 0.3) is 11.1 Å². The number of nitrogens with one attached hydrogen (secondary N) is 3. The van der Waals surface area contributed by atoms with Gasteiger partial charge in [-0.1, -0.05) is 71.7 Å². The van der Waals surface area contributed by atoms with Gasteiger partial charge in [-0.05, 0) is 46.9 Å². The van der Waals surface area contributed by atoms with Gasteiger partial charge in [-0.2, -0.15) is 10.2 Å². The average molecular weight is 439 g/mol. The molecule has 0 saturated carbocycles. The van der Waals surface area contributed by atoms with Crippen LogP contribution in [0.2, 0.25) is 10.0 Å². The number of nitrogens with zero attached hydrogens (tertiary/aromatic N) is 2. The summed E-state index contributed by atoms with van der Waals surface area (Å²) in [6.07, 6.45) is 3.33. The van der Waals surface area contributed by atoms with E-state index in [0.29, 0.717) is 15.7 Å². The molecule has 0 radical (unpaired) electrons. The molecule has 0 bridgehead atoms. The third kappa shape index (κ3) is 5.83. The van der Waals surface area contributed by atoms with Crippen LogP contribution in [0, 0.1) is 12.3 Å². The first-order valence-electron chi connectivity index (χ1n) is 9.01. The number of guanidine groups is 1. The number of nitrogens with two attached hydrogens (primary N) is 1. The smallest absolute Gasteiger partial charge is 0.206 e. The van der Waals surface area contributed by atoms with Crippen LogP contribution in [0.5, 0.6) is 0 Å². The minimum absolute atomic E-state index is 0.201. The molecule has 3 aromatic rings. The lowest BCUT2D eigenvalue weighted by atomic mass is 10.0. The van der Waals surface area contributed by atoms with E-state index < -0.39 is 0 Å². The van der Waals surface area contributed by atoms with Crippen LogP contribution < -0.4 is 16.6 Å². The Kier molecular flexibility index (Phi) is 7.06. The van der Waals surface area contributed by atoms with Crippen LogP contribution in [-0.2, 0) is 0 Å². The number of halogens is 2. The van der Waals surface area contributed by atoms with Gasteiger partial charge in [0.25, 0.3) is 0 Å². The lowest BCUT2D eigenvalue weighted by molar-refractivity contribution is 1.00. The van der Waals surface area contributed by atoms with Crippen LogP contribution in [0.15, 0.2) is 70.9 Å². The Balaban J connectivity index is 1.63. The maximum atomic E-state index is 7.06. The average Bonchev–Trinajstić information content (AvgIpc) is 2.72. The molecule has 0 spiro atoms. The molecule has 0 aromatic heterocycles. The number of anilines is 1. The van der Waals surface area contributed by atoms with E-state index >= 15 is 0 Å². The van der Waals surface area contributed by atoms with Crippen molar-refractivity contribution in [3.63, 3.8) is 0 Å². The second kappa shape index (κ2) is 9.91. The van der Waals surface area contributed by atoms with Gasteiger partial charge in [0, 0.05) is 5.02 Å². The Bertz CT molecular complexity index is 1090. The largest absolute Gasteiger partial charge is 0.369 e. The summed E-state index contributed by atoms with van der Waals surface area (Å²) in [5.74, 6) is -0.201. The molecule has 152 valence electrons. The van der Waals surface area contributed by atoms with Gasteiger partial charge < -0.3 is 5.73 Å². The fraction of sp³-hybridized carbons (Fsp3) is 0.0455. The Morgan fingerprint density at radius 2 is 1.40 bits per heavy atom. The highest BCUT2D eigenvalue weighted by Crippen LogP contribution is 2.28. The van der Waals surface area contributed by atoms with Crippen molar-refractivity contribution >= 4 is 47.3 Å². The van der Waals surface area contributed by atoms with Gasteiger partial charge in [-0.15, -0.1) is 0 Å². The summed E-state index contributed by atoms with van der Waals surface area (Å²) in [4.78, 5) is 0. The van der Waals surface area contributed by atoms with E-state index in [1.807, 2.05) is 61.5 Å². The second-order valence-corrected chi connectivity index (χ2v) is 7.29. The van der Waals surface area contributed by atoms with Gasteiger partial charge in [-0.3, -0.25) is 10.8 Å². The normalized spacial score (nSPS) is 11.2. The summed E-state index contributed by atoms with van der Waals surface area (Å²) in [6.45, 7) is 1.91. The summed E-state index contributed by atoms with van der Waals surface area (Å²) in [5.41, 5.74) is 16.2. The Morgan fingerprint density at radius 1 is 0.867 bits per heavy atom. The van der Waals surface area contributed by atoms with E-state index in [0.717, 1.165) is 27.8 Å². The van der Waals surface area contributed by atoms with Crippen LogP contribution in [-0.4, -0.2) is 18.4 Å². The molecule has 0 aliphatic rings. The molecule has 0 fully saturated rings. The van der Waals surface area contributed by atoms with Gasteiger partial charge >= 0.3 is 0 Å². The van der Waals surface area contributed by atoms with Crippen molar-refractivity contribution in [2.24, 2.45) is 15.9 Å². The maximum Gasteiger partial charge on any atom is 0.206 e. The van der Waals surface area contributed by atoms with Gasteiger partial charge in [0.15, 0.2) is 0 Å². The number of rotatable bonds is 6. The molecular weight excluding hydrogens is 419 g/mol. The minimum Gasteiger partial charge on any atom is -0.369 e. The standard InChI is InChI=1S/C22H20Cl2N6/c1-14-10-21(20(24)11-19(14)23)29-27-12-15-2-6-17(7-3-15)18-8-4-16(5-9-18)13-28-30-22(25)26/h2-13,29H,1H3,(H4,25,26,30)/b27-12+,28-13+. The van der Waals surface area contributed by atoms with Crippen molar-refractivity contribution in [2.45, 2.75) is 6.92 Å². The van der Waals surface area contributed by atoms with E-state index in [1.54, 1.807) is 18.5 Å². The highest BCUT2D eigenvalue weighted by Gasteiger charge is 2.03. The predicted molar refractivity (Wildman–Crippen MR) is 127 cm³/mol. The third-order valence-electron chi connectivity index (χ3n) is 4.20. The molecule has 0 amide bonds. The molecule has 3 rings (SSSR count). The van der Waals surface area contributed by atoms with Crippen LogP contribution in [0.1, 0.15) is 16.7 Å². The molecule has 0 aliphatic heterocycles. The molecule has 8 heteroatoms. The molecule has 6 nitrogen and oxygen atoms in total. The van der Waals surface area contributed by atoms with Crippen molar-refractivity contribution < 1.29 is 0 Å². The summed E-state index contributed by atoms with van der Waals surface area (Å²) in [7, 11) is 0. The lowest BCUT2D eigenvalue weighted by Gasteiger charge is -2.06. The lowest BCUT2D eigenvalue weighted by Crippen LogP contribution is -2.25. The van der Waals surface area contributed by atoms with Crippen molar-refractivity contribution in [3.05, 3.63) is 87.4 Å². The number of aryl methyl sites for hydroxylation is 1. The van der Waals surface area contributed by atoms with E-state index in [1.165, 1.54) is 0 Å². The zero-order valence-corrected chi connectivity index (χ0v) is 17.7. The highest BCUT2D eigenvalue weighted by atomic mass is 35.5. The van der Waals surface area contributed by atoms with Crippen molar-refractivity contribution in [1.82, 2.24) is 5.43 Å². The SMILES string of the molecule is Cc1cc(N/N=C/c2ccc(-c3ccc(/C=N/NC(=N)N)cc3)cc2)c(Cl)cc1Cl. The van der Waals surface area contributed by atoms with E-state index in [-0.39, 0.29) is 5.96 Å². The summed E-state index contributed by atoms with van der Waals surface area (Å²) in [5, 5.41) is 16.3. The number of hydrogen-bond acceptors (Lipinski definition) is 4. The second-order valence-electron chi connectivity index (χ2n) is 6.48. The Morgan fingerprint density at radius 3 is 1.93 bits per heavy atom. The van der Waals surface area contributed by atoms with Crippen LogP contribution >= 0.6 is 23.2 Å². The van der Waals surface area contributed by atoms with Crippen molar-refractivity contribution in [2.75, 3.05) is 5.43 Å². The molecule has 0 heterocycles. The van der Waals surface area contributed by atoms with E-state index in [4.69, 9.17) is 34.3 Å². The predicted octanol–water partition coefficient (Wildman–Crippen LogP) is 5.23. The van der Waals surface area contributed by atoms with E-state index in [9.17, 15) is 0 Å². The maximum absolute atomic E-state index is 7.06. The Hall–Kier alpha value is -3.35. The molecule has 0 unspecified atom stereocenters. The van der Waals surface area contributed by atoms with Gasteiger partial charge in [0.05, 0.1) is 23.1 Å². The zero-order valence-electron chi connectivity index (χ0n) is 16.2. The molecule has 5 N–H and O–H groups in total. The number of hydrazone groups is 2. The summed E-state index contributed by atoms with van der Waals surface area (Å²) >= 11 is 12.2. The molecule has 0 saturated heterocycles. The van der Waals surface area contributed by atoms with E-state index in [2.05, 4.69) is 21.1 Å². The van der Waals surface area contributed by atoms with Gasteiger partial charge in [0.1, 0.15) is 0 Å². The van der Waals surface area contributed by atoms with Crippen molar-refractivity contribution in [3.8, 4) is 11.1 Å². The summed E-state index contributed by atoms with van der Waals surface area (Å²) < 4.78 is 0. The number of benzene rings is 3. The fourth-order valence-corrected chi connectivity index (χ4v) is 3.04. The summed E-state index contributed by atoms with van der Waals surface area (Å²) in [6, 6.07) is 19.5. The monoisotopic (exact) mass is 438 g/mol. The van der Waals surface area contributed by atoms with Gasteiger partial charge in [0.2, 0.25) is 5.96 Å². The first-order chi connectivity index (χ1) is 14.4.